The number of carbonyl (C=O) groups excluding carboxylic acids is 1. The quantitative estimate of drug-likeness (QED) is 0.723. The van der Waals surface area contributed by atoms with Crippen LogP contribution in [-0.2, 0) is 11.3 Å². The van der Waals surface area contributed by atoms with Crippen LogP contribution in [0.4, 0.5) is 0 Å². The summed E-state index contributed by atoms with van der Waals surface area (Å²) >= 11 is 0. The molecular weight excluding hydrogens is 318 g/mol. The first-order valence-electron chi connectivity index (χ1n) is 7.85. The highest BCUT2D eigenvalue weighted by Gasteiger charge is 2.18. The van der Waals surface area contributed by atoms with Crippen LogP contribution in [0.5, 0.6) is 5.75 Å². The van der Waals surface area contributed by atoms with E-state index >= 15 is 0 Å². The molecule has 3 aromatic rings. The van der Waals surface area contributed by atoms with Gasteiger partial charge in [-0.1, -0.05) is 30.3 Å². The summed E-state index contributed by atoms with van der Waals surface area (Å²) in [6.45, 7) is 0.300. The molecule has 0 saturated heterocycles. The lowest BCUT2D eigenvalue weighted by molar-refractivity contribution is -0.129. The van der Waals surface area contributed by atoms with E-state index in [1.165, 1.54) is 0 Å². The zero-order chi connectivity index (χ0) is 17.6. The number of amides is 1. The minimum absolute atomic E-state index is 0.300. The Hall–Kier alpha value is -3.12. The Bertz CT molecular complexity index is 847. The fraction of sp³-hybridized carbons (Fsp3) is 0.158. The Morgan fingerprint density at radius 2 is 2.12 bits per heavy atom. The molecule has 6 nitrogen and oxygen atoms in total. The van der Waals surface area contributed by atoms with Crippen molar-refractivity contribution in [3.8, 4) is 11.4 Å². The lowest BCUT2D eigenvalue weighted by Gasteiger charge is -2.14. The number of nitrogens with zero attached hydrogens (tertiary/aromatic N) is 2. The number of rotatable bonds is 6. The fourth-order valence-electron chi connectivity index (χ4n) is 2.56. The summed E-state index contributed by atoms with van der Waals surface area (Å²) in [5.41, 5.74) is 2.34. The van der Waals surface area contributed by atoms with Crippen LogP contribution >= 0.6 is 0 Å². The van der Waals surface area contributed by atoms with Crippen LogP contribution < -0.4 is 10.1 Å². The summed E-state index contributed by atoms with van der Waals surface area (Å²) in [5.74, 6) is 0.128. The molecular formula is C19H19N3O3. The first-order chi connectivity index (χ1) is 12.2. The maximum Gasteiger partial charge on any atom is 0.253 e. The number of para-hydroxylation sites is 1. The summed E-state index contributed by atoms with van der Waals surface area (Å²) in [5, 5.41) is 13.0. The van der Waals surface area contributed by atoms with Gasteiger partial charge in [-0.2, -0.15) is 0 Å². The van der Waals surface area contributed by atoms with E-state index in [4.69, 9.17) is 4.74 Å². The average molecular weight is 337 g/mol. The topological polar surface area (TPSA) is 76.4 Å². The second kappa shape index (κ2) is 7.63. The summed E-state index contributed by atoms with van der Waals surface area (Å²) in [6.07, 6.45) is 3.98. The van der Waals surface area contributed by atoms with Gasteiger partial charge in [0.25, 0.3) is 5.91 Å². The molecule has 6 heteroatoms. The van der Waals surface area contributed by atoms with Gasteiger partial charge in [0.05, 0.1) is 19.1 Å². The number of methoxy groups -OCH3 is 1. The molecule has 128 valence electrons. The first-order valence-corrected chi connectivity index (χ1v) is 7.85. The van der Waals surface area contributed by atoms with E-state index in [1.807, 2.05) is 35.0 Å². The molecule has 1 amide bonds. The van der Waals surface area contributed by atoms with Crippen molar-refractivity contribution in [3.05, 3.63) is 78.4 Å². The van der Waals surface area contributed by atoms with Gasteiger partial charge in [-0.3, -0.25) is 4.79 Å². The van der Waals surface area contributed by atoms with Gasteiger partial charge in [-0.15, -0.1) is 0 Å². The molecule has 1 heterocycles. The van der Waals surface area contributed by atoms with E-state index < -0.39 is 12.0 Å². The number of benzene rings is 2. The van der Waals surface area contributed by atoms with E-state index in [1.54, 1.807) is 43.9 Å². The van der Waals surface area contributed by atoms with Crippen molar-refractivity contribution in [1.82, 2.24) is 14.9 Å². The molecule has 3 rings (SSSR count). The van der Waals surface area contributed by atoms with Gasteiger partial charge in [0.2, 0.25) is 0 Å². The van der Waals surface area contributed by atoms with Crippen molar-refractivity contribution >= 4 is 5.91 Å². The summed E-state index contributed by atoms with van der Waals surface area (Å²) in [6, 6.07) is 14.5. The number of nitrogens with one attached hydrogen (secondary N) is 1. The number of hydrogen-bond donors (Lipinski definition) is 2. The zero-order valence-corrected chi connectivity index (χ0v) is 13.8. The Balaban J connectivity index is 1.70. The summed E-state index contributed by atoms with van der Waals surface area (Å²) in [7, 11) is 1.54. The van der Waals surface area contributed by atoms with Crippen LogP contribution in [0.3, 0.4) is 0 Å². The number of imidazole rings is 1. The van der Waals surface area contributed by atoms with Crippen LogP contribution in [0, 0.1) is 0 Å². The number of aliphatic hydroxyl groups is 1. The van der Waals surface area contributed by atoms with E-state index in [-0.39, 0.29) is 0 Å². The molecule has 1 atom stereocenters. The molecule has 2 N–H and O–H groups in total. The molecule has 0 aliphatic rings. The van der Waals surface area contributed by atoms with Crippen molar-refractivity contribution < 1.29 is 14.6 Å². The predicted octanol–water partition coefficient (Wildman–Crippen LogP) is 2.23. The van der Waals surface area contributed by atoms with Crippen LogP contribution in [-0.4, -0.2) is 27.7 Å². The Kier molecular flexibility index (Phi) is 5.11. The Labute approximate surface area is 145 Å². The molecule has 0 spiro atoms. The predicted molar refractivity (Wildman–Crippen MR) is 93.4 cm³/mol. The van der Waals surface area contributed by atoms with Crippen molar-refractivity contribution in [1.29, 1.82) is 0 Å². The van der Waals surface area contributed by atoms with Crippen molar-refractivity contribution in [2.45, 2.75) is 12.6 Å². The molecule has 0 radical (unpaired) electrons. The third kappa shape index (κ3) is 3.87. The Morgan fingerprint density at radius 3 is 2.88 bits per heavy atom. The molecule has 1 aromatic heterocycles. The number of aromatic nitrogens is 2. The summed E-state index contributed by atoms with van der Waals surface area (Å²) in [4.78, 5) is 16.3. The van der Waals surface area contributed by atoms with Crippen molar-refractivity contribution in [2.24, 2.45) is 0 Å². The fourth-order valence-corrected chi connectivity index (χ4v) is 2.56. The molecule has 25 heavy (non-hydrogen) atoms. The highest BCUT2D eigenvalue weighted by atomic mass is 16.5. The second-order valence-corrected chi connectivity index (χ2v) is 5.50. The normalized spacial score (nSPS) is 11.8. The van der Waals surface area contributed by atoms with Crippen LogP contribution in [0.25, 0.3) is 5.69 Å². The number of carbonyl (C=O) groups is 1. The SMILES string of the molecule is COc1cccc(C(O)C(=O)NCc2ccccc2-n2ccnc2)c1. The maximum atomic E-state index is 12.3. The monoisotopic (exact) mass is 337 g/mol. The highest BCUT2D eigenvalue weighted by Crippen LogP contribution is 2.20. The highest BCUT2D eigenvalue weighted by molar-refractivity contribution is 5.82. The minimum Gasteiger partial charge on any atom is -0.497 e. The maximum absolute atomic E-state index is 12.3. The number of ether oxygens (including phenoxy) is 1. The second-order valence-electron chi connectivity index (χ2n) is 5.50. The third-order valence-corrected chi connectivity index (χ3v) is 3.89. The van der Waals surface area contributed by atoms with Gasteiger partial charge in [-0.05, 0) is 29.3 Å². The molecule has 1 unspecified atom stereocenters. The molecule has 0 bridgehead atoms. The van der Waals surface area contributed by atoms with Gasteiger partial charge in [0.1, 0.15) is 5.75 Å². The van der Waals surface area contributed by atoms with Crippen LogP contribution in [0.1, 0.15) is 17.2 Å². The van der Waals surface area contributed by atoms with E-state index in [0.29, 0.717) is 17.9 Å². The van der Waals surface area contributed by atoms with Crippen molar-refractivity contribution in [2.75, 3.05) is 7.11 Å². The third-order valence-electron chi connectivity index (χ3n) is 3.89. The van der Waals surface area contributed by atoms with Gasteiger partial charge in [-0.25, -0.2) is 4.98 Å². The first kappa shape index (κ1) is 16.7. The van der Waals surface area contributed by atoms with E-state index in [0.717, 1.165) is 11.3 Å². The molecule has 0 aliphatic carbocycles. The molecule has 0 saturated carbocycles. The smallest absolute Gasteiger partial charge is 0.253 e. The van der Waals surface area contributed by atoms with Gasteiger partial charge < -0.3 is 19.7 Å². The van der Waals surface area contributed by atoms with Crippen molar-refractivity contribution in [3.63, 3.8) is 0 Å². The number of hydrogen-bond acceptors (Lipinski definition) is 4. The Morgan fingerprint density at radius 1 is 1.28 bits per heavy atom. The lowest BCUT2D eigenvalue weighted by atomic mass is 10.1. The molecule has 0 aliphatic heterocycles. The summed E-state index contributed by atoms with van der Waals surface area (Å²) < 4.78 is 6.99. The standard InChI is InChI=1S/C19H19N3O3/c1-25-16-7-4-6-14(11-16)18(23)19(24)21-12-15-5-2-3-8-17(15)22-10-9-20-13-22/h2-11,13,18,23H,12H2,1H3,(H,21,24). The largest absolute Gasteiger partial charge is 0.497 e. The van der Waals surface area contributed by atoms with Crippen LogP contribution in [0.15, 0.2) is 67.3 Å². The average Bonchev–Trinajstić information content (AvgIpc) is 3.20. The van der Waals surface area contributed by atoms with Gasteiger partial charge >= 0.3 is 0 Å². The minimum atomic E-state index is -1.25. The van der Waals surface area contributed by atoms with E-state index in [9.17, 15) is 9.90 Å². The van der Waals surface area contributed by atoms with E-state index in [2.05, 4.69) is 10.3 Å². The molecule has 2 aromatic carbocycles. The number of aliphatic hydroxyl groups excluding tert-OH is 1. The zero-order valence-electron chi connectivity index (χ0n) is 13.8. The lowest BCUT2D eigenvalue weighted by Crippen LogP contribution is -2.29. The molecule has 0 fully saturated rings. The van der Waals surface area contributed by atoms with Crippen LogP contribution in [0.2, 0.25) is 0 Å². The van der Waals surface area contributed by atoms with Gasteiger partial charge in [0, 0.05) is 18.9 Å². The van der Waals surface area contributed by atoms with Gasteiger partial charge in [0.15, 0.2) is 6.10 Å².